The highest BCUT2D eigenvalue weighted by atomic mass is 32.1. The zero-order valence-electron chi connectivity index (χ0n) is 12.2. The van der Waals surface area contributed by atoms with Gasteiger partial charge in [0, 0.05) is 61.3 Å². The molecule has 110 valence electrons. The SMILES string of the molecule is Cc1cc(N2CC3CN(c4nc(C)ns4)CC3C2)ncn1. The normalized spacial score (nSPS) is 24.7. The minimum Gasteiger partial charge on any atom is -0.356 e. The van der Waals surface area contributed by atoms with E-state index in [2.05, 4.69) is 35.2 Å². The summed E-state index contributed by atoms with van der Waals surface area (Å²) in [7, 11) is 0. The lowest BCUT2D eigenvalue weighted by Gasteiger charge is -2.21. The molecule has 0 saturated carbocycles. The highest BCUT2D eigenvalue weighted by Gasteiger charge is 2.41. The number of hydrogen-bond donors (Lipinski definition) is 0. The molecule has 7 heteroatoms. The van der Waals surface area contributed by atoms with Crippen LogP contribution in [0.2, 0.25) is 0 Å². The molecular weight excluding hydrogens is 284 g/mol. The third kappa shape index (κ3) is 2.35. The largest absolute Gasteiger partial charge is 0.356 e. The van der Waals surface area contributed by atoms with E-state index < -0.39 is 0 Å². The molecule has 2 aromatic rings. The highest BCUT2D eigenvalue weighted by molar-refractivity contribution is 7.09. The number of aryl methyl sites for hydroxylation is 2. The molecule has 0 spiro atoms. The van der Waals surface area contributed by atoms with Crippen molar-refractivity contribution in [3.8, 4) is 0 Å². The summed E-state index contributed by atoms with van der Waals surface area (Å²) in [5, 5.41) is 1.08. The van der Waals surface area contributed by atoms with Gasteiger partial charge in [0.25, 0.3) is 0 Å². The van der Waals surface area contributed by atoms with Crippen LogP contribution in [0.5, 0.6) is 0 Å². The molecule has 2 atom stereocenters. The molecule has 0 aromatic carbocycles. The van der Waals surface area contributed by atoms with Crippen molar-refractivity contribution in [3.05, 3.63) is 23.9 Å². The van der Waals surface area contributed by atoms with Crippen LogP contribution in [-0.2, 0) is 0 Å². The van der Waals surface area contributed by atoms with Gasteiger partial charge in [-0.05, 0) is 13.8 Å². The summed E-state index contributed by atoms with van der Waals surface area (Å²) in [5.74, 6) is 3.34. The first-order valence-corrected chi connectivity index (χ1v) is 8.05. The first-order chi connectivity index (χ1) is 10.2. The standard InChI is InChI=1S/C14H18N6S/c1-9-3-13(16-8-15-9)19-4-11-6-20(7-12(11)5-19)14-17-10(2)18-21-14/h3,8,11-12H,4-7H2,1-2H3. The van der Waals surface area contributed by atoms with Gasteiger partial charge in [-0.15, -0.1) is 0 Å². The van der Waals surface area contributed by atoms with E-state index in [-0.39, 0.29) is 0 Å². The molecule has 2 fully saturated rings. The van der Waals surface area contributed by atoms with Gasteiger partial charge in [0.15, 0.2) is 0 Å². The molecule has 2 aliphatic heterocycles. The fraction of sp³-hybridized carbons (Fsp3) is 0.571. The quantitative estimate of drug-likeness (QED) is 0.838. The number of fused-ring (bicyclic) bond motifs is 1. The molecule has 0 N–H and O–H groups in total. The summed E-state index contributed by atoms with van der Waals surface area (Å²) in [6.07, 6.45) is 1.66. The van der Waals surface area contributed by atoms with Crippen LogP contribution in [0.25, 0.3) is 0 Å². The maximum atomic E-state index is 4.51. The maximum Gasteiger partial charge on any atom is 0.205 e. The Bertz CT molecular complexity index is 642. The second-order valence-corrected chi connectivity index (χ2v) is 6.70. The Kier molecular flexibility index (Phi) is 3.02. The number of hydrogen-bond acceptors (Lipinski definition) is 7. The number of anilines is 2. The summed E-state index contributed by atoms with van der Waals surface area (Å²) in [4.78, 5) is 17.9. The second-order valence-electron chi connectivity index (χ2n) is 5.97. The van der Waals surface area contributed by atoms with Crippen LogP contribution in [-0.4, -0.2) is 45.5 Å². The van der Waals surface area contributed by atoms with Crippen molar-refractivity contribution in [2.75, 3.05) is 36.0 Å². The van der Waals surface area contributed by atoms with Gasteiger partial charge >= 0.3 is 0 Å². The van der Waals surface area contributed by atoms with E-state index in [1.54, 1.807) is 6.33 Å². The van der Waals surface area contributed by atoms with Gasteiger partial charge < -0.3 is 9.80 Å². The fourth-order valence-corrected chi connectivity index (χ4v) is 4.06. The van der Waals surface area contributed by atoms with Gasteiger partial charge in [0.2, 0.25) is 5.13 Å². The molecule has 6 nitrogen and oxygen atoms in total. The van der Waals surface area contributed by atoms with Gasteiger partial charge in [0.05, 0.1) is 0 Å². The zero-order chi connectivity index (χ0) is 14.4. The van der Waals surface area contributed by atoms with E-state index >= 15 is 0 Å². The summed E-state index contributed by atoms with van der Waals surface area (Å²) >= 11 is 1.52. The molecule has 2 unspecified atom stereocenters. The maximum absolute atomic E-state index is 4.51. The van der Waals surface area contributed by atoms with Gasteiger partial charge in [-0.3, -0.25) is 0 Å². The lowest BCUT2D eigenvalue weighted by Crippen LogP contribution is -2.29. The molecule has 4 heterocycles. The summed E-state index contributed by atoms with van der Waals surface area (Å²) < 4.78 is 4.29. The van der Waals surface area contributed by atoms with E-state index in [0.29, 0.717) is 11.8 Å². The monoisotopic (exact) mass is 302 g/mol. The molecule has 0 amide bonds. The first-order valence-electron chi connectivity index (χ1n) is 7.28. The van der Waals surface area contributed by atoms with Crippen molar-refractivity contribution in [1.82, 2.24) is 19.3 Å². The van der Waals surface area contributed by atoms with E-state index in [4.69, 9.17) is 0 Å². The first kappa shape index (κ1) is 12.9. The van der Waals surface area contributed by atoms with Gasteiger partial charge in [-0.1, -0.05) is 0 Å². The predicted molar refractivity (Wildman–Crippen MR) is 82.8 cm³/mol. The highest BCUT2D eigenvalue weighted by Crippen LogP contribution is 2.35. The van der Waals surface area contributed by atoms with Crippen molar-refractivity contribution >= 4 is 22.5 Å². The van der Waals surface area contributed by atoms with Crippen molar-refractivity contribution in [2.24, 2.45) is 11.8 Å². The Labute approximate surface area is 128 Å². The Balaban J connectivity index is 1.46. The molecular formula is C14H18N6S. The van der Waals surface area contributed by atoms with E-state index in [1.807, 2.05) is 13.8 Å². The van der Waals surface area contributed by atoms with Gasteiger partial charge in [-0.25, -0.2) is 15.0 Å². The van der Waals surface area contributed by atoms with Gasteiger partial charge in [-0.2, -0.15) is 4.37 Å². The number of nitrogens with zero attached hydrogens (tertiary/aromatic N) is 6. The minimum atomic E-state index is 0.699. The minimum absolute atomic E-state index is 0.699. The van der Waals surface area contributed by atoms with Crippen molar-refractivity contribution in [2.45, 2.75) is 13.8 Å². The van der Waals surface area contributed by atoms with Crippen LogP contribution in [0.4, 0.5) is 10.9 Å². The van der Waals surface area contributed by atoms with Crippen LogP contribution in [0, 0.1) is 25.7 Å². The second kappa shape index (κ2) is 4.91. The van der Waals surface area contributed by atoms with Crippen LogP contribution < -0.4 is 9.80 Å². The fourth-order valence-electron chi connectivity index (χ4n) is 3.36. The summed E-state index contributed by atoms with van der Waals surface area (Å²) in [5.41, 5.74) is 1.03. The van der Waals surface area contributed by atoms with Crippen LogP contribution >= 0.6 is 11.5 Å². The topological polar surface area (TPSA) is 58.0 Å². The van der Waals surface area contributed by atoms with Crippen molar-refractivity contribution in [1.29, 1.82) is 0 Å². The molecule has 4 rings (SSSR count). The Morgan fingerprint density at radius 2 is 1.76 bits per heavy atom. The smallest absolute Gasteiger partial charge is 0.205 e. The average molecular weight is 302 g/mol. The zero-order valence-corrected chi connectivity index (χ0v) is 13.0. The Morgan fingerprint density at radius 3 is 2.38 bits per heavy atom. The summed E-state index contributed by atoms with van der Waals surface area (Å²) in [6, 6.07) is 2.08. The Morgan fingerprint density at radius 1 is 1.05 bits per heavy atom. The molecule has 2 aromatic heterocycles. The molecule has 0 bridgehead atoms. The molecule has 0 aliphatic carbocycles. The third-order valence-corrected chi connectivity index (χ3v) is 5.26. The van der Waals surface area contributed by atoms with E-state index in [1.165, 1.54) is 11.5 Å². The summed E-state index contributed by atoms with van der Waals surface area (Å²) in [6.45, 7) is 8.29. The predicted octanol–water partition coefficient (Wildman–Crippen LogP) is 1.52. The van der Waals surface area contributed by atoms with Crippen molar-refractivity contribution in [3.63, 3.8) is 0 Å². The van der Waals surface area contributed by atoms with Gasteiger partial charge in [0.1, 0.15) is 18.0 Å². The van der Waals surface area contributed by atoms with Crippen molar-refractivity contribution < 1.29 is 0 Å². The van der Waals surface area contributed by atoms with E-state index in [9.17, 15) is 0 Å². The number of rotatable bonds is 2. The van der Waals surface area contributed by atoms with Crippen LogP contribution in [0.1, 0.15) is 11.5 Å². The Hall–Kier alpha value is -1.76. The van der Waals surface area contributed by atoms with Crippen LogP contribution in [0.3, 0.4) is 0 Å². The lowest BCUT2D eigenvalue weighted by molar-refractivity contribution is 0.533. The molecule has 2 aliphatic rings. The van der Waals surface area contributed by atoms with Crippen LogP contribution in [0.15, 0.2) is 12.4 Å². The molecule has 0 radical (unpaired) electrons. The van der Waals surface area contributed by atoms with E-state index in [0.717, 1.165) is 48.6 Å². The lowest BCUT2D eigenvalue weighted by atomic mass is 10.0. The molecule has 2 saturated heterocycles. The third-order valence-electron chi connectivity index (χ3n) is 4.39. The number of aromatic nitrogens is 4. The average Bonchev–Trinajstić information content (AvgIpc) is 3.11. The molecule has 21 heavy (non-hydrogen) atoms.